The largest absolute Gasteiger partial charge is 0.385 e. The Labute approximate surface area is 162 Å². The van der Waals surface area contributed by atoms with Crippen LogP contribution in [0.2, 0.25) is 5.02 Å². The monoisotopic (exact) mass is 425 g/mol. The summed E-state index contributed by atoms with van der Waals surface area (Å²) < 4.78 is 1.35. The van der Waals surface area contributed by atoms with E-state index in [9.17, 15) is 9.90 Å². The summed E-state index contributed by atoms with van der Waals surface area (Å²) in [6, 6.07) is 14.7. The smallest absolute Gasteiger partial charge is 0.216 e. The number of Topliss-reactive ketones (excluding diaryl/α,β-unsaturated/α-hetero) is 1. The maximum Gasteiger partial charge on any atom is 0.216 e. The van der Waals surface area contributed by atoms with E-state index in [1.165, 1.54) is 0 Å². The van der Waals surface area contributed by atoms with Crippen LogP contribution in [-0.4, -0.2) is 55.2 Å². The second kappa shape index (κ2) is 8.81. The first-order chi connectivity index (χ1) is 11.8. The van der Waals surface area contributed by atoms with Gasteiger partial charge in [0.25, 0.3) is 0 Å². The van der Waals surface area contributed by atoms with Crippen molar-refractivity contribution in [3.05, 3.63) is 63.6 Å². The van der Waals surface area contributed by atoms with Gasteiger partial charge < -0.3 is 14.9 Å². The van der Waals surface area contributed by atoms with Gasteiger partial charge in [-0.3, -0.25) is 4.79 Å². The highest BCUT2D eigenvalue weighted by atomic mass is 79.9. The molecule has 1 unspecified atom stereocenters. The number of aliphatic hydroxyl groups excluding tert-OH is 1. The first kappa shape index (κ1) is 19.9. The summed E-state index contributed by atoms with van der Waals surface area (Å²) in [6.07, 6.45) is -0.594. The third kappa shape index (κ3) is 6.44. The predicted octanol–water partition coefficient (Wildman–Crippen LogP) is 3.83. The quantitative estimate of drug-likeness (QED) is 0.498. The maximum absolute atomic E-state index is 12.4. The molecule has 6 heteroatoms. The van der Waals surface area contributed by atoms with Crippen LogP contribution < -0.4 is 5.32 Å². The predicted molar refractivity (Wildman–Crippen MR) is 106 cm³/mol. The molecule has 0 bridgehead atoms. The highest BCUT2D eigenvalue weighted by Gasteiger charge is 2.24. The highest BCUT2D eigenvalue weighted by Crippen LogP contribution is 2.20. The second-order valence-electron chi connectivity index (χ2n) is 6.72. The molecule has 0 aromatic heterocycles. The van der Waals surface area contributed by atoms with Gasteiger partial charge in [-0.15, -0.1) is 0 Å². The molecule has 1 atom stereocenters. The van der Waals surface area contributed by atoms with Crippen molar-refractivity contribution in [3.8, 4) is 0 Å². The number of carbonyl (C=O) groups is 1. The molecular formula is C19H23BrClN2O2+. The Morgan fingerprint density at radius 2 is 1.84 bits per heavy atom. The number of rotatable bonds is 8. The summed E-state index contributed by atoms with van der Waals surface area (Å²) in [6.45, 7) is 1.16. The van der Waals surface area contributed by atoms with Crippen LogP contribution in [0.3, 0.4) is 0 Å². The minimum atomic E-state index is -0.594. The van der Waals surface area contributed by atoms with Crippen LogP contribution in [-0.2, 0) is 0 Å². The molecule has 2 N–H and O–H groups in total. The number of likely N-dealkylation sites (N-methyl/N-ethyl adjacent to an activating group) is 1. The Hall–Kier alpha value is -1.40. The molecule has 0 fully saturated rings. The van der Waals surface area contributed by atoms with E-state index >= 15 is 0 Å². The molecule has 0 aliphatic carbocycles. The van der Waals surface area contributed by atoms with E-state index in [1.807, 2.05) is 56.6 Å². The molecule has 0 spiro atoms. The lowest BCUT2D eigenvalue weighted by Crippen LogP contribution is -2.49. The topological polar surface area (TPSA) is 49.3 Å². The zero-order chi connectivity index (χ0) is 18.4. The van der Waals surface area contributed by atoms with Crippen LogP contribution in [0.4, 0.5) is 5.69 Å². The number of carbonyl (C=O) groups excluding carboxylic acids is 1. The van der Waals surface area contributed by atoms with E-state index < -0.39 is 6.10 Å². The molecule has 25 heavy (non-hydrogen) atoms. The molecule has 0 aliphatic heterocycles. The Bertz CT molecular complexity index is 720. The first-order valence-corrected chi connectivity index (χ1v) is 9.21. The van der Waals surface area contributed by atoms with Crippen molar-refractivity contribution < 1.29 is 14.4 Å². The summed E-state index contributed by atoms with van der Waals surface area (Å²) in [7, 11) is 3.88. The Balaban J connectivity index is 1.87. The minimum absolute atomic E-state index is 0.0590. The second-order valence-corrected chi connectivity index (χ2v) is 8.04. The molecule has 2 aromatic carbocycles. The minimum Gasteiger partial charge on any atom is -0.385 e. The normalized spacial score (nSPS) is 12.7. The summed E-state index contributed by atoms with van der Waals surface area (Å²) in [5.41, 5.74) is 1.47. The van der Waals surface area contributed by atoms with Crippen molar-refractivity contribution in [3.63, 3.8) is 0 Å². The van der Waals surface area contributed by atoms with Gasteiger partial charge in [-0.1, -0.05) is 51.8 Å². The molecule has 0 amide bonds. The molecule has 2 aromatic rings. The van der Waals surface area contributed by atoms with E-state index in [0.717, 1.165) is 10.2 Å². The number of halogens is 2. The fourth-order valence-corrected chi connectivity index (χ4v) is 3.11. The van der Waals surface area contributed by atoms with Crippen LogP contribution in [0.25, 0.3) is 0 Å². The molecule has 0 saturated carbocycles. The maximum atomic E-state index is 12.4. The van der Waals surface area contributed by atoms with Gasteiger partial charge in [0.15, 0.2) is 0 Å². The standard InChI is InChI=1S/C19H23BrClN2O2/c1-23(2,13-19(25)14-7-9-15(20)10-8-14)12-16(24)11-22-18-6-4-3-5-17(18)21/h3-10,16,22,24H,11-13H2,1-2H3/q+1. The fourth-order valence-electron chi connectivity index (χ4n) is 2.65. The van der Waals surface area contributed by atoms with Crippen LogP contribution in [0.15, 0.2) is 53.0 Å². The van der Waals surface area contributed by atoms with Gasteiger partial charge in [-0.05, 0) is 24.3 Å². The average Bonchev–Trinajstić information content (AvgIpc) is 2.53. The zero-order valence-corrected chi connectivity index (χ0v) is 16.7. The van der Waals surface area contributed by atoms with Crippen molar-refractivity contribution in [2.45, 2.75) is 6.10 Å². The lowest BCUT2D eigenvalue weighted by Gasteiger charge is -2.31. The average molecular weight is 427 g/mol. The third-order valence-corrected chi connectivity index (χ3v) is 4.70. The molecule has 134 valence electrons. The van der Waals surface area contributed by atoms with Gasteiger partial charge in [-0.25, -0.2) is 0 Å². The third-order valence-electron chi connectivity index (χ3n) is 3.84. The summed E-state index contributed by atoms with van der Waals surface area (Å²) >= 11 is 9.46. The van der Waals surface area contributed by atoms with Gasteiger partial charge in [0.2, 0.25) is 5.78 Å². The van der Waals surface area contributed by atoms with Gasteiger partial charge in [0, 0.05) is 16.6 Å². The van der Waals surface area contributed by atoms with Crippen LogP contribution in [0.5, 0.6) is 0 Å². The van der Waals surface area contributed by atoms with Crippen LogP contribution >= 0.6 is 27.5 Å². The van der Waals surface area contributed by atoms with Crippen LogP contribution in [0, 0.1) is 0 Å². The van der Waals surface area contributed by atoms with Gasteiger partial charge in [0.05, 0.1) is 24.8 Å². The van der Waals surface area contributed by atoms with E-state index in [-0.39, 0.29) is 5.78 Å². The molecule has 0 aliphatic rings. The van der Waals surface area contributed by atoms with E-state index in [1.54, 1.807) is 6.07 Å². The number of nitrogens with one attached hydrogen (secondary N) is 1. The number of para-hydroxylation sites is 1. The lowest BCUT2D eigenvalue weighted by atomic mass is 10.1. The molecular weight excluding hydrogens is 404 g/mol. The Morgan fingerprint density at radius 1 is 1.20 bits per heavy atom. The SMILES string of the molecule is C[N+](C)(CC(=O)c1ccc(Br)cc1)CC(O)CNc1ccccc1Cl. The molecule has 4 nitrogen and oxygen atoms in total. The molecule has 2 rings (SSSR count). The number of hydrogen-bond donors (Lipinski definition) is 2. The van der Waals surface area contributed by atoms with Gasteiger partial charge >= 0.3 is 0 Å². The summed E-state index contributed by atoms with van der Waals surface area (Å²) in [5, 5.41) is 14.1. The number of ketones is 1. The summed E-state index contributed by atoms with van der Waals surface area (Å²) in [4.78, 5) is 12.4. The Kier molecular flexibility index (Phi) is 7.02. The molecule has 0 saturated heterocycles. The first-order valence-electron chi connectivity index (χ1n) is 8.04. The molecule has 0 heterocycles. The number of quaternary nitrogens is 1. The van der Waals surface area contributed by atoms with Crippen molar-refractivity contribution in [2.75, 3.05) is 39.0 Å². The number of benzene rings is 2. The van der Waals surface area contributed by atoms with Crippen molar-refractivity contribution >= 4 is 39.0 Å². The van der Waals surface area contributed by atoms with Gasteiger partial charge in [0.1, 0.15) is 19.2 Å². The van der Waals surface area contributed by atoms with Crippen molar-refractivity contribution in [1.29, 1.82) is 0 Å². The zero-order valence-electron chi connectivity index (χ0n) is 14.4. The van der Waals surface area contributed by atoms with E-state index in [4.69, 9.17) is 11.6 Å². The number of aliphatic hydroxyl groups is 1. The van der Waals surface area contributed by atoms with Crippen LogP contribution in [0.1, 0.15) is 10.4 Å². The Morgan fingerprint density at radius 3 is 2.48 bits per heavy atom. The fraction of sp³-hybridized carbons (Fsp3) is 0.316. The number of anilines is 1. The number of hydrogen-bond acceptors (Lipinski definition) is 3. The van der Waals surface area contributed by atoms with Crippen molar-refractivity contribution in [2.24, 2.45) is 0 Å². The number of nitrogens with zero attached hydrogens (tertiary/aromatic N) is 1. The summed E-state index contributed by atoms with van der Waals surface area (Å²) in [5.74, 6) is 0.0590. The van der Waals surface area contributed by atoms with Gasteiger partial charge in [-0.2, -0.15) is 0 Å². The van der Waals surface area contributed by atoms with E-state index in [0.29, 0.717) is 34.7 Å². The van der Waals surface area contributed by atoms with E-state index in [2.05, 4.69) is 21.2 Å². The lowest BCUT2D eigenvalue weighted by molar-refractivity contribution is -0.884. The highest BCUT2D eigenvalue weighted by molar-refractivity contribution is 9.10. The molecule has 0 radical (unpaired) electrons. The van der Waals surface area contributed by atoms with Crippen molar-refractivity contribution in [1.82, 2.24) is 0 Å².